The molecule has 0 saturated carbocycles. The fraction of sp³-hybridized carbons (Fsp3) is 0.167. The van der Waals surface area contributed by atoms with Gasteiger partial charge in [0.05, 0.1) is 6.10 Å². The third kappa shape index (κ3) is 4.77. The number of carbonyl (C=O) groups excluding carboxylic acids is 1. The van der Waals surface area contributed by atoms with E-state index in [4.69, 9.17) is 10.8 Å². The van der Waals surface area contributed by atoms with Crippen LogP contribution < -0.4 is 5.73 Å². The summed E-state index contributed by atoms with van der Waals surface area (Å²) in [7, 11) is 0. The molecule has 0 rings (SSSR count). The number of rotatable bonds is 3. The number of aliphatic hydroxyl groups excluding tert-OH is 1. The monoisotopic (exact) mass is 127 g/mol. The highest BCUT2D eigenvalue weighted by Crippen LogP contribution is 1.84. The molecular formula is C6H9NO2. The maximum absolute atomic E-state index is 10.0. The first-order valence-corrected chi connectivity index (χ1v) is 2.45. The van der Waals surface area contributed by atoms with Crippen molar-refractivity contribution in [3.8, 4) is 0 Å². The van der Waals surface area contributed by atoms with Crippen molar-refractivity contribution in [1.82, 2.24) is 0 Å². The van der Waals surface area contributed by atoms with Gasteiger partial charge in [-0.3, -0.25) is 4.79 Å². The zero-order valence-electron chi connectivity index (χ0n) is 4.95. The van der Waals surface area contributed by atoms with E-state index < -0.39 is 12.0 Å². The predicted molar refractivity (Wildman–Crippen MR) is 34.5 cm³/mol. The number of nitrogens with two attached hydrogens (primary N) is 1. The van der Waals surface area contributed by atoms with E-state index in [0.717, 1.165) is 6.08 Å². The van der Waals surface area contributed by atoms with Gasteiger partial charge in [-0.15, -0.1) is 6.58 Å². The van der Waals surface area contributed by atoms with Crippen LogP contribution in [0.4, 0.5) is 0 Å². The molecule has 0 aromatic carbocycles. The Morgan fingerprint density at radius 1 is 1.78 bits per heavy atom. The lowest BCUT2D eigenvalue weighted by Gasteiger charge is -1.91. The molecule has 0 aromatic rings. The molecule has 0 aromatic heterocycles. The van der Waals surface area contributed by atoms with Gasteiger partial charge in [-0.05, 0) is 6.08 Å². The van der Waals surface area contributed by atoms with Crippen LogP contribution in [0.2, 0.25) is 0 Å². The van der Waals surface area contributed by atoms with Gasteiger partial charge in [0, 0.05) is 6.08 Å². The second-order valence-corrected chi connectivity index (χ2v) is 1.49. The van der Waals surface area contributed by atoms with Crippen molar-refractivity contribution in [2.24, 2.45) is 5.73 Å². The fourth-order valence-electron chi connectivity index (χ4n) is 0.272. The van der Waals surface area contributed by atoms with Crippen LogP contribution in [0.15, 0.2) is 24.8 Å². The minimum Gasteiger partial charge on any atom is -0.385 e. The highest BCUT2D eigenvalue weighted by molar-refractivity contribution is 5.85. The summed E-state index contributed by atoms with van der Waals surface area (Å²) >= 11 is 0. The largest absolute Gasteiger partial charge is 0.385 e. The van der Waals surface area contributed by atoms with Crippen molar-refractivity contribution in [3.05, 3.63) is 24.8 Å². The molecule has 0 fully saturated rings. The molecule has 0 aliphatic heterocycles. The first-order chi connectivity index (χ1) is 4.16. The Labute approximate surface area is 53.5 Å². The van der Waals surface area contributed by atoms with E-state index in [2.05, 4.69) is 6.58 Å². The quantitative estimate of drug-likeness (QED) is 0.399. The Hall–Kier alpha value is -1.09. The topological polar surface area (TPSA) is 63.3 Å². The van der Waals surface area contributed by atoms with Crippen molar-refractivity contribution < 1.29 is 9.90 Å². The average Bonchev–Trinajstić information content (AvgIpc) is 1.83. The van der Waals surface area contributed by atoms with E-state index in [1.807, 2.05) is 0 Å². The molecule has 0 bridgehead atoms. The minimum absolute atomic E-state index is 0.573. The van der Waals surface area contributed by atoms with E-state index in [-0.39, 0.29) is 0 Å². The lowest BCUT2D eigenvalue weighted by atomic mass is 10.3. The molecule has 0 radical (unpaired) electrons. The van der Waals surface area contributed by atoms with Crippen molar-refractivity contribution in [3.63, 3.8) is 0 Å². The van der Waals surface area contributed by atoms with E-state index in [1.165, 1.54) is 12.2 Å². The average molecular weight is 127 g/mol. The summed E-state index contributed by atoms with van der Waals surface area (Å²) in [6.45, 7) is 3.29. The Morgan fingerprint density at radius 2 is 2.33 bits per heavy atom. The summed E-state index contributed by atoms with van der Waals surface area (Å²) in [4.78, 5) is 10.0. The smallest absolute Gasteiger partial charge is 0.241 e. The van der Waals surface area contributed by atoms with Crippen LogP contribution >= 0.6 is 0 Å². The van der Waals surface area contributed by atoms with Crippen LogP contribution in [0, 0.1) is 0 Å². The molecule has 0 aliphatic rings. The summed E-state index contributed by atoms with van der Waals surface area (Å²) in [5.41, 5.74) is 4.72. The second kappa shape index (κ2) is 3.86. The zero-order valence-corrected chi connectivity index (χ0v) is 4.95. The number of amides is 1. The molecule has 0 saturated heterocycles. The highest BCUT2D eigenvalue weighted by Gasteiger charge is 1.88. The van der Waals surface area contributed by atoms with E-state index in [9.17, 15) is 4.79 Å². The maximum Gasteiger partial charge on any atom is 0.241 e. The highest BCUT2D eigenvalue weighted by atomic mass is 16.3. The molecule has 1 atom stereocenters. The Balaban J connectivity index is 3.69. The first-order valence-electron chi connectivity index (χ1n) is 2.45. The molecule has 3 N–H and O–H groups in total. The third-order valence-electron chi connectivity index (χ3n) is 0.699. The van der Waals surface area contributed by atoms with Crippen molar-refractivity contribution in [1.29, 1.82) is 0 Å². The molecule has 50 valence electrons. The van der Waals surface area contributed by atoms with Gasteiger partial charge in [-0.25, -0.2) is 0 Å². The normalized spacial score (nSPS) is 13.4. The van der Waals surface area contributed by atoms with E-state index in [0.29, 0.717) is 0 Å². The number of carbonyl (C=O) groups is 1. The van der Waals surface area contributed by atoms with Crippen LogP contribution in [0.1, 0.15) is 0 Å². The van der Waals surface area contributed by atoms with Crippen LogP contribution in [0.25, 0.3) is 0 Å². The molecule has 3 heteroatoms. The number of hydrogen-bond donors (Lipinski definition) is 2. The zero-order chi connectivity index (χ0) is 7.28. The summed E-state index contributed by atoms with van der Waals surface area (Å²) in [6, 6.07) is 0. The molecule has 3 nitrogen and oxygen atoms in total. The summed E-state index contributed by atoms with van der Waals surface area (Å²) < 4.78 is 0. The lowest BCUT2D eigenvalue weighted by Crippen LogP contribution is -2.07. The van der Waals surface area contributed by atoms with Crippen LogP contribution in [0.5, 0.6) is 0 Å². The summed E-state index contributed by atoms with van der Waals surface area (Å²) in [6.07, 6.45) is 2.86. The Bertz CT molecular complexity index is 140. The van der Waals surface area contributed by atoms with Gasteiger partial charge in [0.25, 0.3) is 0 Å². The number of primary amides is 1. The molecule has 0 aliphatic carbocycles. The van der Waals surface area contributed by atoms with Gasteiger partial charge in [-0.2, -0.15) is 0 Å². The van der Waals surface area contributed by atoms with Crippen molar-refractivity contribution in [2.75, 3.05) is 0 Å². The maximum atomic E-state index is 10.0. The first kappa shape index (κ1) is 7.91. The Kier molecular flexibility index (Phi) is 3.39. The number of aliphatic hydroxyl groups is 1. The Morgan fingerprint density at radius 3 is 2.67 bits per heavy atom. The standard InChI is InChI=1S/C6H9NO2/c1-2-5(8)3-4-6(7)9/h2-5,8H,1H2,(H2,7,9). The summed E-state index contributed by atoms with van der Waals surface area (Å²) in [5.74, 6) is -0.573. The van der Waals surface area contributed by atoms with Gasteiger partial charge in [0.2, 0.25) is 5.91 Å². The van der Waals surface area contributed by atoms with Gasteiger partial charge < -0.3 is 10.8 Å². The minimum atomic E-state index is -0.780. The number of hydrogen-bond acceptors (Lipinski definition) is 2. The van der Waals surface area contributed by atoms with Crippen LogP contribution in [-0.4, -0.2) is 17.1 Å². The predicted octanol–water partition coefficient (Wildman–Crippen LogP) is -0.425. The molecule has 0 spiro atoms. The van der Waals surface area contributed by atoms with Gasteiger partial charge in [-0.1, -0.05) is 6.08 Å². The van der Waals surface area contributed by atoms with E-state index >= 15 is 0 Å². The fourth-order valence-corrected chi connectivity index (χ4v) is 0.272. The van der Waals surface area contributed by atoms with Gasteiger partial charge in [0.15, 0.2) is 0 Å². The van der Waals surface area contributed by atoms with Crippen LogP contribution in [0.3, 0.4) is 0 Å². The summed E-state index contributed by atoms with van der Waals surface area (Å²) in [5, 5.41) is 8.69. The molecular weight excluding hydrogens is 118 g/mol. The van der Waals surface area contributed by atoms with Gasteiger partial charge >= 0.3 is 0 Å². The molecule has 0 heterocycles. The van der Waals surface area contributed by atoms with E-state index in [1.54, 1.807) is 0 Å². The van der Waals surface area contributed by atoms with Crippen molar-refractivity contribution in [2.45, 2.75) is 6.10 Å². The van der Waals surface area contributed by atoms with Crippen molar-refractivity contribution >= 4 is 5.91 Å². The van der Waals surface area contributed by atoms with Gasteiger partial charge in [0.1, 0.15) is 0 Å². The van der Waals surface area contributed by atoms with Crippen LogP contribution in [-0.2, 0) is 4.79 Å². The molecule has 1 unspecified atom stereocenters. The lowest BCUT2D eigenvalue weighted by molar-refractivity contribution is -0.113. The third-order valence-corrected chi connectivity index (χ3v) is 0.699. The SMILES string of the molecule is C=CC(O)C=CC(N)=O. The molecule has 1 amide bonds. The molecule has 9 heavy (non-hydrogen) atoms. The second-order valence-electron chi connectivity index (χ2n) is 1.49.